The molecule has 0 amide bonds. The summed E-state index contributed by atoms with van der Waals surface area (Å²) in [6.07, 6.45) is -2.52. The Morgan fingerprint density at radius 2 is 1.80 bits per heavy atom. The predicted octanol–water partition coefficient (Wildman–Crippen LogP) is -13.1. The Morgan fingerprint density at radius 3 is 2.33 bits per heavy atom. The van der Waals surface area contributed by atoms with Gasteiger partial charge in [0.2, 0.25) is 0 Å². The van der Waals surface area contributed by atoms with Crippen LogP contribution in [0.15, 0.2) is 28.7 Å². The van der Waals surface area contributed by atoms with Gasteiger partial charge >= 0.3 is 62.3 Å². The van der Waals surface area contributed by atoms with Gasteiger partial charge in [-0.25, -0.2) is 9.78 Å². The van der Waals surface area contributed by atoms with Gasteiger partial charge in [0.25, 0.3) is 0 Å². The third kappa shape index (κ3) is 8.28. The zero-order valence-electron chi connectivity index (χ0n) is 17.0. The first-order chi connectivity index (χ1) is 12.7. The average Bonchev–Trinajstić information content (AvgIpc) is 2.85. The van der Waals surface area contributed by atoms with Gasteiger partial charge in [-0.1, -0.05) is 6.42 Å². The van der Waals surface area contributed by atoms with Crippen molar-refractivity contribution in [2.75, 3.05) is 0 Å². The molecule has 14 heteroatoms. The zero-order valence-corrected chi connectivity index (χ0v) is 17.0. The van der Waals surface area contributed by atoms with Crippen molar-refractivity contribution in [3.8, 4) is 5.88 Å². The van der Waals surface area contributed by atoms with Crippen LogP contribution in [-0.4, -0.2) is 50.0 Å². The molecule has 4 atom stereocenters. The Balaban J connectivity index is 0. The van der Waals surface area contributed by atoms with Crippen LogP contribution in [0.1, 0.15) is 31.9 Å². The standard InChI is InChI=1S/C16H20N2O9.3Li/c19-10-5-6-18(16(26)17-10)14-13(23)12(22)9(27-14)4-2-1-3-8(15(24)25)7-11(20)21;;;/h5-7,9,12-14,22-23H,1-4H2,(H,20,21)(H,24,25)(H,17,19,26);;;/q;3*+1/p-3/b8-7-;;;/t9-,12-,13-,14-;;;/m1.../s1. The predicted molar refractivity (Wildman–Crippen MR) is 80.4 cm³/mol. The van der Waals surface area contributed by atoms with Gasteiger partial charge in [-0.15, -0.1) is 0 Å². The van der Waals surface area contributed by atoms with E-state index in [1.54, 1.807) is 0 Å². The van der Waals surface area contributed by atoms with Crippen molar-refractivity contribution in [1.29, 1.82) is 0 Å². The van der Waals surface area contributed by atoms with Crippen LogP contribution in [0.3, 0.4) is 0 Å². The molecule has 11 nitrogen and oxygen atoms in total. The second kappa shape index (κ2) is 14.2. The van der Waals surface area contributed by atoms with E-state index in [1.165, 1.54) is 0 Å². The van der Waals surface area contributed by atoms with E-state index in [0.717, 1.165) is 16.8 Å². The molecular formula is C16H17Li3N2O9. The summed E-state index contributed by atoms with van der Waals surface area (Å²) in [5.41, 5.74) is -1.35. The summed E-state index contributed by atoms with van der Waals surface area (Å²) in [5.74, 6) is -3.99. The van der Waals surface area contributed by atoms with Crippen molar-refractivity contribution in [3.63, 3.8) is 0 Å². The average molecular weight is 402 g/mol. The quantitative estimate of drug-likeness (QED) is 0.240. The van der Waals surface area contributed by atoms with Crippen molar-refractivity contribution < 1.29 is 96.4 Å². The van der Waals surface area contributed by atoms with E-state index < -0.39 is 53.6 Å². The van der Waals surface area contributed by atoms with E-state index >= 15 is 0 Å². The summed E-state index contributed by atoms with van der Waals surface area (Å²) < 4.78 is 6.38. The van der Waals surface area contributed by atoms with Gasteiger partial charge in [0.05, 0.1) is 18.0 Å². The van der Waals surface area contributed by atoms with E-state index in [0.29, 0.717) is 12.5 Å². The number of carboxylic acids is 2. The Bertz CT molecular complexity index is 802. The van der Waals surface area contributed by atoms with Crippen LogP contribution in [-0.2, 0) is 14.3 Å². The minimum absolute atomic E-state index is 0. The summed E-state index contributed by atoms with van der Waals surface area (Å²) in [5, 5.41) is 52.5. The maximum Gasteiger partial charge on any atom is 1.00 e. The monoisotopic (exact) mass is 402 g/mol. The molecule has 2 heterocycles. The molecule has 0 aromatic carbocycles. The normalized spacial score (nSPS) is 22.9. The smallest absolute Gasteiger partial charge is 0.858 e. The fourth-order valence-electron chi connectivity index (χ4n) is 2.82. The maximum atomic E-state index is 11.7. The molecule has 1 fully saturated rings. The summed E-state index contributed by atoms with van der Waals surface area (Å²) >= 11 is 0. The number of hydrogen-bond acceptors (Lipinski definition) is 10. The van der Waals surface area contributed by atoms with Crippen molar-refractivity contribution in [3.05, 3.63) is 34.4 Å². The number of rotatable bonds is 8. The summed E-state index contributed by atoms with van der Waals surface area (Å²) in [4.78, 5) is 36.2. The topological polar surface area (TPSA) is 188 Å². The minimum Gasteiger partial charge on any atom is -0.858 e. The van der Waals surface area contributed by atoms with Crippen molar-refractivity contribution >= 4 is 11.9 Å². The van der Waals surface area contributed by atoms with Gasteiger partial charge in [0.1, 0.15) is 12.2 Å². The number of aliphatic carboxylic acids is 2. The van der Waals surface area contributed by atoms with E-state index in [9.17, 15) is 39.9 Å². The van der Waals surface area contributed by atoms with Crippen LogP contribution in [0.4, 0.5) is 0 Å². The number of aliphatic hydroxyl groups excluding tert-OH is 2. The molecule has 0 spiro atoms. The number of unbranched alkanes of at least 4 members (excludes halogenated alkanes) is 1. The molecule has 1 aliphatic rings. The molecule has 1 aromatic heterocycles. The third-order valence-electron chi connectivity index (χ3n) is 4.15. The van der Waals surface area contributed by atoms with E-state index in [-0.39, 0.29) is 75.8 Å². The molecule has 1 saturated heterocycles. The molecule has 0 radical (unpaired) electrons. The zero-order chi connectivity index (χ0) is 20.1. The molecule has 0 unspecified atom stereocenters. The largest absolute Gasteiger partial charge is 1.00 e. The van der Waals surface area contributed by atoms with Crippen molar-refractivity contribution in [2.24, 2.45) is 0 Å². The number of carbonyl (C=O) groups excluding carboxylic acids is 2. The SMILES string of the molecule is O=C([O-])/C=C(/CCCC[C@H]1O[C@@H](n2ccc([O-])nc2=O)[C@H](O)[C@@H]1O)C(=O)[O-].[Li+].[Li+].[Li+]. The van der Waals surface area contributed by atoms with Crippen LogP contribution < -0.4 is 77.6 Å². The van der Waals surface area contributed by atoms with E-state index in [2.05, 4.69) is 4.98 Å². The first-order valence-electron chi connectivity index (χ1n) is 8.11. The number of ether oxygens (including phenoxy) is 1. The molecule has 1 aromatic rings. The van der Waals surface area contributed by atoms with Crippen LogP contribution in [0, 0.1) is 0 Å². The Labute approximate surface area is 207 Å². The number of aliphatic hydroxyl groups is 2. The fraction of sp³-hybridized carbons (Fsp3) is 0.500. The van der Waals surface area contributed by atoms with Gasteiger partial charge in [0, 0.05) is 6.20 Å². The molecular weight excluding hydrogens is 385 g/mol. The molecule has 0 bridgehead atoms. The molecule has 1 aliphatic heterocycles. The Kier molecular flexibility index (Phi) is 14.7. The number of carboxylic acid groups (broad SMARTS) is 2. The van der Waals surface area contributed by atoms with Crippen LogP contribution in [0.2, 0.25) is 0 Å². The number of carbonyl (C=O) groups is 2. The van der Waals surface area contributed by atoms with Crippen molar-refractivity contribution in [2.45, 2.75) is 50.2 Å². The number of nitrogens with zero attached hydrogens (tertiary/aromatic N) is 2. The second-order valence-electron chi connectivity index (χ2n) is 6.02. The van der Waals surface area contributed by atoms with Gasteiger partial charge in [-0.2, -0.15) is 0 Å². The number of aromatic nitrogens is 2. The number of hydrogen-bond donors (Lipinski definition) is 2. The molecule has 0 aliphatic carbocycles. The van der Waals surface area contributed by atoms with E-state index in [4.69, 9.17) is 4.74 Å². The molecule has 30 heavy (non-hydrogen) atoms. The second-order valence-corrected chi connectivity index (χ2v) is 6.02. The van der Waals surface area contributed by atoms with Crippen LogP contribution in [0.25, 0.3) is 0 Å². The fourth-order valence-corrected chi connectivity index (χ4v) is 2.82. The van der Waals surface area contributed by atoms with E-state index in [1.807, 2.05) is 0 Å². The molecule has 2 rings (SSSR count). The first kappa shape index (κ1) is 31.2. The third-order valence-corrected chi connectivity index (χ3v) is 4.15. The maximum absolute atomic E-state index is 11.7. The van der Waals surface area contributed by atoms with Crippen LogP contribution >= 0.6 is 0 Å². The Morgan fingerprint density at radius 1 is 1.17 bits per heavy atom. The summed E-state index contributed by atoms with van der Waals surface area (Å²) in [6, 6.07) is 1.02. The summed E-state index contributed by atoms with van der Waals surface area (Å²) in [7, 11) is 0. The first-order valence-corrected chi connectivity index (χ1v) is 8.11. The Hall–Kier alpha value is -0.968. The molecule has 2 N–H and O–H groups in total. The van der Waals surface area contributed by atoms with Gasteiger partial charge < -0.3 is 39.9 Å². The van der Waals surface area contributed by atoms with Crippen molar-refractivity contribution in [1.82, 2.24) is 9.55 Å². The van der Waals surface area contributed by atoms with Gasteiger partial charge in [-0.3, -0.25) is 4.57 Å². The van der Waals surface area contributed by atoms with Gasteiger partial charge in [-0.05, 0) is 42.9 Å². The van der Waals surface area contributed by atoms with Crippen LogP contribution in [0.5, 0.6) is 5.88 Å². The minimum atomic E-state index is -1.64. The summed E-state index contributed by atoms with van der Waals surface area (Å²) in [6.45, 7) is 0. The van der Waals surface area contributed by atoms with Gasteiger partial charge in [0.15, 0.2) is 6.23 Å². The molecule has 0 saturated carbocycles. The molecule has 148 valence electrons.